The minimum absolute atomic E-state index is 0.840. The second-order valence-electron chi connectivity index (χ2n) is 6.55. The smallest absolute Gasteiger partial charge is 0.127 e. The zero-order valence-electron chi connectivity index (χ0n) is 16.1. The monoisotopic (exact) mass is 366 g/mol. The van der Waals surface area contributed by atoms with Gasteiger partial charge in [0.1, 0.15) is 11.5 Å². The van der Waals surface area contributed by atoms with Crippen molar-refractivity contribution in [3.8, 4) is 44.9 Å². The molecule has 0 unspecified atom stereocenters. The zero-order valence-corrected chi connectivity index (χ0v) is 16.1. The van der Waals surface area contributed by atoms with E-state index >= 15 is 0 Å². The molecule has 2 nitrogen and oxygen atoms in total. The van der Waals surface area contributed by atoms with Crippen molar-refractivity contribution in [2.75, 3.05) is 14.2 Å². The van der Waals surface area contributed by atoms with E-state index < -0.39 is 0 Å². The summed E-state index contributed by atoms with van der Waals surface area (Å²) in [7, 11) is 3.39. The van der Waals surface area contributed by atoms with E-state index in [1.807, 2.05) is 30.3 Å². The molecule has 0 saturated heterocycles. The molecular weight excluding hydrogens is 344 g/mol. The van der Waals surface area contributed by atoms with Crippen molar-refractivity contribution in [2.24, 2.45) is 0 Å². The third-order valence-electron chi connectivity index (χ3n) is 4.93. The normalized spacial score (nSPS) is 10.5. The van der Waals surface area contributed by atoms with Crippen LogP contribution in [0.2, 0.25) is 0 Å². The summed E-state index contributed by atoms with van der Waals surface area (Å²) in [6.45, 7) is 0. The molecule has 0 spiro atoms. The molecule has 4 aromatic rings. The third kappa shape index (κ3) is 3.49. The molecule has 0 bridgehead atoms. The van der Waals surface area contributed by atoms with Crippen LogP contribution < -0.4 is 9.47 Å². The van der Waals surface area contributed by atoms with Gasteiger partial charge < -0.3 is 9.47 Å². The van der Waals surface area contributed by atoms with Gasteiger partial charge in [-0.25, -0.2) is 0 Å². The number of benzene rings is 4. The molecule has 0 aliphatic heterocycles. The van der Waals surface area contributed by atoms with Crippen LogP contribution in [0.3, 0.4) is 0 Å². The zero-order chi connectivity index (χ0) is 19.3. The molecule has 0 N–H and O–H groups in total. The van der Waals surface area contributed by atoms with Gasteiger partial charge >= 0.3 is 0 Å². The Morgan fingerprint density at radius 1 is 0.464 bits per heavy atom. The second-order valence-corrected chi connectivity index (χ2v) is 6.55. The Morgan fingerprint density at radius 2 is 1.07 bits per heavy atom. The van der Waals surface area contributed by atoms with E-state index in [9.17, 15) is 0 Å². The fraction of sp³-hybridized carbons (Fsp3) is 0.0769. The predicted octanol–water partition coefficient (Wildman–Crippen LogP) is 6.70. The van der Waals surface area contributed by atoms with Crippen LogP contribution >= 0.6 is 0 Å². The van der Waals surface area contributed by atoms with Gasteiger partial charge in [0.25, 0.3) is 0 Å². The van der Waals surface area contributed by atoms with E-state index in [4.69, 9.17) is 9.47 Å². The largest absolute Gasteiger partial charge is 0.497 e. The Balaban J connectivity index is 1.79. The molecule has 2 heteroatoms. The molecule has 138 valence electrons. The maximum Gasteiger partial charge on any atom is 0.127 e. The Morgan fingerprint density at radius 3 is 1.71 bits per heavy atom. The van der Waals surface area contributed by atoms with Crippen molar-refractivity contribution in [3.63, 3.8) is 0 Å². The summed E-state index contributed by atoms with van der Waals surface area (Å²) in [4.78, 5) is 0. The maximum absolute atomic E-state index is 5.68. The minimum atomic E-state index is 0.840. The molecule has 0 heterocycles. The quantitative estimate of drug-likeness (QED) is 0.391. The van der Waals surface area contributed by atoms with Crippen molar-refractivity contribution in [1.82, 2.24) is 0 Å². The van der Waals surface area contributed by atoms with Gasteiger partial charge in [0, 0.05) is 5.56 Å². The molecule has 0 aliphatic carbocycles. The lowest BCUT2D eigenvalue weighted by molar-refractivity contribution is 0.414. The Bertz CT molecular complexity index is 1050. The summed E-state index contributed by atoms with van der Waals surface area (Å²) >= 11 is 0. The maximum atomic E-state index is 5.68. The summed E-state index contributed by atoms with van der Waals surface area (Å²) in [6, 6.07) is 33.4. The van der Waals surface area contributed by atoms with Crippen LogP contribution in [-0.2, 0) is 0 Å². The van der Waals surface area contributed by atoms with Crippen molar-refractivity contribution in [3.05, 3.63) is 97.1 Å². The highest BCUT2D eigenvalue weighted by Crippen LogP contribution is 2.40. The molecule has 0 amide bonds. The number of ether oxygens (including phenoxy) is 2. The van der Waals surface area contributed by atoms with Gasteiger partial charge in [-0.1, -0.05) is 78.9 Å². The average Bonchev–Trinajstić information content (AvgIpc) is 2.79. The van der Waals surface area contributed by atoms with E-state index in [2.05, 4.69) is 66.7 Å². The van der Waals surface area contributed by atoms with Gasteiger partial charge in [0.2, 0.25) is 0 Å². The molecule has 4 rings (SSSR count). The molecule has 28 heavy (non-hydrogen) atoms. The van der Waals surface area contributed by atoms with Crippen LogP contribution in [0.5, 0.6) is 11.5 Å². The molecule has 0 fully saturated rings. The Labute approximate surface area is 166 Å². The second kappa shape index (κ2) is 8.01. The topological polar surface area (TPSA) is 18.5 Å². The fourth-order valence-electron chi connectivity index (χ4n) is 3.47. The highest BCUT2D eigenvalue weighted by Gasteiger charge is 2.13. The lowest BCUT2D eigenvalue weighted by Gasteiger charge is -2.15. The molecule has 0 saturated carbocycles. The van der Waals surface area contributed by atoms with Gasteiger partial charge in [0.05, 0.1) is 14.2 Å². The van der Waals surface area contributed by atoms with Crippen molar-refractivity contribution < 1.29 is 9.47 Å². The Kier molecular flexibility index (Phi) is 5.11. The molecule has 0 aliphatic rings. The number of hydrogen-bond donors (Lipinski definition) is 0. The van der Waals surface area contributed by atoms with Crippen LogP contribution in [0.4, 0.5) is 0 Å². The summed E-state index contributed by atoms with van der Waals surface area (Å²) < 4.78 is 11.0. The Hall–Kier alpha value is -3.52. The standard InChI is InChI=1S/C26H22O2/c1-27-23-17-15-22(16-18-23)26-24(9-6-10-25(26)28-2)21-13-11-20(12-14-21)19-7-4-3-5-8-19/h3-18H,1-2H3. The van der Waals surface area contributed by atoms with Crippen LogP contribution in [0.15, 0.2) is 97.1 Å². The van der Waals surface area contributed by atoms with Crippen LogP contribution in [0, 0.1) is 0 Å². The third-order valence-corrected chi connectivity index (χ3v) is 4.93. The van der Waals surface area contributed by atoms with Gasteiger partial charge in [-0.05, 0) is 46.0 Å². The van der Waals surface area contributed by atoms with Crippen LogP contribution in [0.25, 0.3) is 33.4 Å². The van der Waals surface area contributed by atoms with E-state index in [-0.39, 0.29) is 0 Å². The van der Waals surface area contributed by atoms with Gasteiger partial charge in [-0.2, -0.15) is 0 Å². The highest BCUT2D eigenvalue weighted by molar-refractivity contribution is 5.88. The van der Waals surface area contributed by atoms with E-state index in [1.165, 1.54) is 11.1 Å². The van der Waals surface area contributed by atoms with Crippen LogP contribution in [0.1, 0.15) is 0 Å². The molecule has 0 atom stereocenters. The van der Waals surface area contributed by atoms with E-state index in [0.717, 1.165) is 33.8 Å². The first-order chi connectivity index (χ1) is 13.8. The van der Waals surface area contributed by atoms with Crippen molar-refractivity contribution >= 4 is 0 Å². The highest BCUT2D eigenvalue weighted by atomic mass is 16.5. The number of rotatable bonds is 5. The first kappa shape index (κ1) is 17.9. The number of methoxy groups -OCH3 is 2. The van der Waals surface area contributed by atoms with E-state index in [1.54, 1.807) is 14.2 Å². The van der Waals surface area contributed by atoms with E-state index in [0.29, 0.717) is 0 Å². The lowest BCUT2D eigenvalue weighted by atomic mass is 9.92. The molecule has 0 aromatic heterocycles. The van der Waals surface area contributed by atoms with Crippen molar-refractivity contribution in [1.29, 1.82) is 0 Å². The molecule has 4 aromatic carbocycles. The summed E-state index contributed by atoms with van der Waals surface area (Å²) in [5.74, 6) is 1.70. The first-order valence-electron chi connectivity index (χ1n) is 9.27. The van der Waals surface area contributed by atoms with Gasteiger partial charge in [-0.15, -0.1) is 0 Å². The average molecular weight is 366 g/mol. The lowest BCUT2D eigenvalue weighted by Crippen LogP contribution is -1.92. The minimum Gasteiger partial charge on any atom is -0.497 e. The van der Waals surface area contributed by atoms with Gasteiger partial charge in [0.15, 0.2) is 0 Å². The van der Waals surface area contributed by atoms with Crippen LogP contribution in [-0.4, -0.2) is 14.2 Å². The first-order valence-corrected chi connectivity index (χ1v) is 9.27. The summed E-state index contributed by atoms with van der Waals surface area (Å²) in [5, 5.41) is 0. The summed E-state index contributed by atoms with van der Waals surface area (Å²) in [5.41, 5.74) is 6.90. The van der Waals surface area contributed by atoms with Crippen molar-refractivity contribution in [2.45, 2.75) is 0 Å². The van der Waals surface area contributed by atoms with Gasteiger partial charge in [-0.3, -0.25) is 0 Å². The SMILES string of the molecule is COc1ccc(-c2c(OC)cccc2-c2ccc(-c3ccccc3)cc2)cc1. The molecular formula is C26H22O2. The summed E-state index contributed by atoms with van der Waals surface area (Å²) in [6.07, 6.45) is 0. The predicted molar refractivity (Wildman–Crippen MR) is 116 cm³/mol. The fourth-order valence-corrected chi connectivity index (χ4v) is 3.47. The number of hydrogen-bond acceptors (Lipinski definition) is 2. The molecule has 0 radical (unpaired) electrons.